The Morgan fingerprint density at radius 3 is 2.67 bits per heavy atom. The Hall–Kier alpha value is -1.04. The van der Waals surface area contributed by atoms with E-state index < -0.39 is 23.8 Å². The molecule has 1 heterocycles. The fourth-order valence-corrected chi connectivity index (χ4v) is 3.50. The molecular weight excluding hydrogens is 249 g/mol. The Morgan fingerprint density at radius 1 is 1.28 bits per heavy atom. The Labute approximate surface area is 102 Å². The van der Waals surface area contributed by atoms with Gasteiger partial charge in [0.05, 0.1) is 12.7 Å². The van der Waals surface area contributed by atoms with Crippen molar-refractivity contribution in [2.75, 3.05) is 6.61 Å². The molecule has 0 aromatic heterocycles. The van der Waals surface area contributed by atoms with Gasteiger partial charge in [0.2, 0.25) is 0 Å². The summed E-state index contributed by atoms with van der Waals surface area (Å²) in [7, 11) is 0. The molecule has 0 amide bonds. The number of carbonyl (C=O) groups excluding carboxylic acids is 1. The summed E-state index contributed by atoms with van der Waals surface area (Å²) < 4.78 is 47.5. The predicted octanol–water partition coefficient (Wildman–Crippen LogP) is 2.07. The second kappa shape index (κ2) is 3.73. The molecule has 3 aliphatic rings. The zero-order valence-electron chi connectivity index (χ0n) is 9.57. The first-order valence-electron chi connectivity index (χ1n) is 5.96. The predicted molar refractivity (Wildman–Crippen MR) is 54.5 cm³/mol. The first-order valence-corrected chi connectivity index (χ1v) is 5.96. The van der Waals surface area contributed by atoms with E-state index in [1.165, 1.54) is 0 Å². The molecule has 5 unspecified atom stereocenters. The second-order valence-electron chi connectivity index (χ2n) is 5.30. The lowest BCUT2D eigenvalue weighted by atomic mass is 9.88. The highest BCUT2D eigenvalue weighted by atomic mass is 19.4. The maximum Gasteiger partial charge on any atom is 0.422 e. The van der Waals surface area contributed by atoms with Crippen LogP contribution in [0.1, 0.15) is 12.8 Å². The maximum atomic E-state index is 12.3. The molecular formula is C12H13F3O3. The van der Waals surface area contributed by atoms with E-state index in [-0.39, 0.29) is 12.0 Å². The molecule has 0 aromatic rings. The Balaban J connectivity index is 1.68. The van der Waals surface area contributed by atoms with Crippen LogP contribution in [-0.4, -0.2) is 31.0 Å². The maximum absolute atomic E-state index is 12.3. The van der Waals surface area contributed by atoms with Crippen molar-refractivity contribution in [2.45, 2.75) is 31.2 Å². The van der Waals surface area contributed by atoms with Crippen LogP contribution in [0.25, 0.3) is 0 Å². The monoisotopic (exact) mass is 262 g/mol. The lowest BCUT2D eigenvalue weighted by Gasteiger charge is -2.26. The molecule has 3 fully saturated rings. The van der Waals surface area contributed by atoms with E-state index in [0.717, 1.165) is 12.8 Å². The van der Waals surface area contributed by atoms with Crippen molar-refractivity contribution in [3.8, 4) is 0 Å². The molecule has 1 saturated heterocycles. The van der Waals surface area contributed by atoms with Gasteiger partial charge in [-0.15, -0.1) is 0 Å². The van der Waals surface area contributed by atoms with Gasteiger partial charge in [0, 0.05) is 0 Å². The SMILES string of the molecule is C=C(C(=O)OC1C2CC3COC1C3C2)C(F)(F)F. The van der Waals surface area contributed by atoms with Crippen LogP contribution in [0.15, 0.2) is 12.2 Å². The van der Waals surface area contributed by atoms with Crippen LogP contribution in [0.2, 0.25) is 0 Å². The molecule has 0 spiro atoms. The zero-order chi connectivity index (χ0) is 13.1. The molecule has 100 valence electrons. The summed E-state index contributed by atoms with van der Waals surface area (Å²) in [6.07, 6.45) is -3.68. The van der Waals surface area contributed by atoms with E-state index in [1.807, 2.05) is 0 Å². The minimum Gasteiger partial charge on any atom is -0.456 e. The summed E-state index contributed by atoms with van der Waals surface area (Å²) in [4.78, 5) is 11.4. The highest BCUT2D eigenvalue weighted by Gasteiger charge is 2.59. The third-order valence-electron chi connectivity index (χ3n) is 4.33. The van der Waals surface area contributed by atoms with Crippen LogP contribution in [0.4, 0.5) is 13.2 Å². The summed E-state index contributed by atoms with van der Waals surface area (Å²) in [5.74, 6) is -0.364. The highest BCUT2D eigenvalue weighted by molar-refractivity contribution is 5.89. The van der Waals surface area contributed by atoms with Gasteiger partial charge in [-0.25, -0.2) is 4.79 Å². The normalized spacial score (nSPS) is 41.2. The van der Waals surface area contributed by atoms with Crippen molar-refractivity contribution < 1.29 is 27.4 Å². The van der Waals surface area contributed by atoms with E-state index in [4.69, 9.17) is 9.47 Å². The number of rotatable bonds is 2. The van der Waals surface area contributed by atoms with Gasteiger partial charge in [0.15, 0.2) is 0 Å². The quantitative estimate of drug-likeness (QED) is 0.564. The van der Waals surface area contributed by atoms with E-state index >= 15 is 0 Å². The van der Waals surface area contributed by atoms with Crippen molar-refractivity contribution in [3.05, 3.63) is 12.2 Å². The Morgan fingerprint density at radius 2 is 2.00 bits per heavy atom. The number of alkyl halides is 3. The number of hydrogen-bond donors (Lipinski definition) is 0. The van der Waals surface area contributed by atoms with Crippen LogP contribution >= 0.6 is 0 Å². The number of esters is 1. The van der Waals surface area contributed by atoms with E-state index in [9.17, 15) is 18.0 Å². The topological polar surface area (TPSA) is 35.5 Å². The van der Waals surface area contributed by atoms with Gasteiger partial charge in [-0.2, -0.15) is 13.2 Å². The molecule has 0 radical (unpaired) electrons. The van der Waals surface area contributed by atoms with Crippen LogP contribution in [0, 0.1) is 17.8 Å². The summed E-state index contributed by atoms with van der Waals surface area (Å²) in [5, 5.41) is 0. The summed E-state index contributed by atoms with van der Waals surface area (Å²) in [5.41, 5.74) is -1.44. The molecule has 1 aliphatic heterocycles. The molecule has 18 heavy (non-hydrogen) atoms. The number of carbonyl (C=O) groups is 1. The van der Waals surface area contributed by atoms with Crippen molar-refractivity contribution in [2.24, 2.45) is 17.8 Å². The average Bonchev–Trinajstić information content (AvgIpc) is 2.86. The number of ether oxygens (including phenoxy) is 2. The molecule has 3 rings (SSSR count). The Kier molecular flexibility index (Phi) is 2.49. The second-order valence-corrected chi connectivity index (χ2v) is 5.30. The molecule has 3 nitrogen and oxygen atoms in total. The molecule has 2 saturated carbocycles. The number of halogens is 3. The van der Waals surface area contributed by atoms with E-state index in [0.29, 0.717) is 18.4 Å². The summed E-state index contributed by atoms with van der Waals surface area (Å²) in [6, 6.07) is 0. The van der Waals surface area contributed by atoms with Crippen molar-refractivity contribution in [1.29, 1.82) is 0 Å². The fraction of sp³-hybridized carbons (Fsp3) is 0.750. The minimum absolute atomic E-state index is 0.150. The fourth-order valence-electron chi connectivity index (χ4n) is 3.50. The zero-order valence-corrected chi connectivity index (χ0v) is 9.57. The molecule has 0 aromatic carbocycles. The smallest absolute Gasteiger partial charge is 0.422 e. The van der Waals surface area contributed by atoms with Gasteiger partial charge in [0.1, 0.15) is 11.7 Å². The molecule has 6 heteroatoms. The van der Waals surface area contributed by atoms with Gasteiger partial charge in [-0.3, -0.25) is 0 Å². The van der Waals surface area contributed by atoms with Crippen molar-refractivity contribution >= 4 is 5.97 Å². The third kappa shape index (κ3) is 1.66. The molecule has 2 aliphatic carbocycles. The van der Waals surface area contributed by atoms with Crippen LogP contribution in [0.3, 0.4) is 0 Å². The highest BCUT2D eigenvalue weighted by Crippen LogP contribution is 2.55. The van der Waals surface area contributed by atoms with Gasteiger partial charge in [-0.05, 0) is 30.6 Å². The first kappa shape index (κ1) is 12.0. The lowest BCUT2D eigenvalue weighted by Crippen LogP contribution is -2.37. The Bertz CT molecular complexity index is 402. The lowest BCUT2D eigenvalue weighted by molar-refractivity contribution is -0.162. The van der Waals surface area contributed by atoms with Crippen molar-refractivity contribution in [1.82, 2.24) is 0 Å². The van der Waals surface area contributed by atoms with E-state index in [2.05, 4.69) is 6.58 Å². The summed E-state index contributed by atoms with van der Waals surface area (Å²) in [6.45, 7) is 3.39. The molecule has 2 bridgehead atoms. The van der Waals surface area contributed by atoms with Crippen LogP contribution in [0.5, 0.6) is 0 Å². The molecule has 0 N–H and O–H groups in total. The average molecular weight is 262 g/mol. The van der Waals surface area contributed by atoms with Gasteiger partial charge in [-0.1, -0.05) is 6.58 Å². The largest absolute Gasteiger partial charge is 0.456 e. The van der Waals surface area contributed by atoms with Crippen LogP contribution in [-0.2, 0) is 14.3 Å². The van der Waals surface area contributed by atoms with Gasteiger partial charge >= 0.3 is 12.1 Å². The number of hydrogen-bond acceptors (Lipinski definition) is 3. The minimum atomic E-state index is -4.73. The standard InChI is InChI=1S/C12H13F3O3/c1-5(12(13,14)15)11(16)18-9-6-2-7-4-17-10(9)8(7)3-6/h6-10H,1-4H2. The van der Waals surface area contributed by atoms with Gasteiger partial charge < -0.3 is 9.47 Å². The van der Waals surface area contributed by atoms with Gasteiger partial charge in [0.25, 0.3) is 0 Å². The number of fused-ring (bicyclic) bond motifs is 1. The van der Waals surface area contributed by atoms with E-state index in [1.54, 1.807) is 0 Å². The third-order valence-corrected chi connectivity index (χ3v) is 4.33. The first-order chi connectivity index (χ1) is 8.38. The van der Waals surface area contributed by atoms with Crippen molar-refractivity contribution in [3.63, 3.8) is 0 Å². The molecule has 5 atom stereocenters. The van der Waals surface area contributed by atoms with Crippen LogP contribution < -0.4 is 0 Å². The summed E-state index contributed by atoms with van der Waals surface area (Å²) >= 11 is 0.